The third-order valence-electron chi connectivity index (χ3n) is 7.49. The van der Waals surface area contributed by atoms with Crippen LogP contribution in [0.25, 0.3) is 6.08 Å². The van der Waals surface area contributed by atoms with Crippen molar-refractivity contribution in [2.75, 3.05) is 45.9 Å². The highest BCUT2D eigenvalue weighted by Crippen LogP contribution is 2.42. The normalized spacial score (nSPS) is 16.9. The molecule has 0 N–H and O–H groups in total. The molecule has 1 saturated heterocycles. The Balaban J connectivity index is 1.68. The van der Waals surface area contributed by atoms with Crippen molar-refractivity contribution in [2.45, 2.75) is 39.7 Å². The highest BCUT2D eigenvalue weighted by Gasteiger charge is 2.34. The van der Waals surface area contributed by atoms with Gasteiger partial charge in [-0.2, -0.15) is 0 Å². The van der Waals surface area contributed by atoms with E-state index in [4.69, 9.17) is 18.9 Å². The number of hydrogen-bond acceptors (Lipinski definition) is 9. The van der Waals surface area contributed by atoms with Crippen molar-refractivity contribution < 1.29 is 23.7 Å². The van der Waals surface area contributed by atoms with Crippen molar-refractivity contribution in [3.63, 3.8) is 0 Å². The number of anilines is 1. The van der Waals surface area contributed by atoms with Gasteiger partial charge >= 0.3 is 5.97 Å². The summed E-state index contributed by atoms with van der Waals surface area (Å²) >= 11 is 1.29. The van der Waals surface area contributed by atoms with E-state index < -0.39 is 12.0 Å². The smallest absolute Gasteiger partial charge is 0.338 e. The van der Waals surface area contributed by atoms with E-state index in [9.17, 15) is 9.59 Å². The zero-order valence-electron chi connectivity index (χ0n) is 24.3. The quantitative estimate of drug-likeness (QED) is 0.377. The molecule has 0 spiro atoms. The van der Waals surface area contributed by atoms with Gasteiger partial charge in [-0.05, 0) is 80.6 Å². The molecule has 0 aliphatic carbocycles. The van der Waals surface area contributed by atoms with Crippen LogP contribution in [0.1, 0.15) is 49.4 Å². The predicted octanol–water partition coefficient (Wildman–Crippen LogP) is 3.73. The second-order valence-corrected chi connectivity index (χ2v) is 11.0. The second-order valence-electron chi connectivity index (χ2n) is 10.0. The monoisotopic (exact) mass is 577 g/mol. The molecule has 0 saturated carbocycles. The molecule has 10 heteroatoms. The summed E-state index contributed by atoms with van der Waals surface area (Å²) in [4.78, 5) is 34.9. The van der Waals surface area contributed by atoms with Gasteiger partial charge in [0.2, 0.25) is 5.75 Å². The third-order valence-corrected chi connectivity index (χ3v) is 8.47. The number of carbonyl (C=O) groups excluding carboxylic acids is 1. The third kappa shape index (κ3) is 5.24. The molecule has 3 aromatic rings. The zero-order chi connectivity index (χ0) is 29.3. The lowest BCUT2D eigenvalue weighted by Crippen LogP contribution is -2.40. The Hall–Kier alpha value is -4.05. The van der Waals surface area contributed by atoms with Crippen LogP contribution in [0.4, 0.5) is 5.69 Å². The van der Waals surface area contributed by atoms with Gasteiger partial charge in [0, 0.05) is 18.8 Å². The lowest BCUT2D eigenvalue weighted by atomic mass is 9.95. The average Bonchev–Trinajstić information content (AvgIpc) is 3.60. The molecular formula is C31H35N3O6S. The molecule has 0 bridgehead atoms. The van der Waals surface area contributed by atoms with Crippen LogP contribution in [0, 0.1) is 6.92 Å². The molecule has 1 atom stereocenters. The van der Waals surface area contributed by atoms with Crippen molar-refractivity contribution in [3.8, 4) is 17.2 Å². The summed E-state index contributed by atoms with van der Waals surface area (Å²) in [6.45, 7) is 7.94. The molecule has 1 fully saturated rings. The fourth-order valence-electron chi connectivity index (χ4n) is 5.60. The van der Waals surface area contributed by atoms with Crippen LogP contribution in [0.15, 0.2) is 51.4 Å². The van der Waals surface area contributed by atoms with Gasteiger partial charge in [-0.25, -0.2) is 9.79 Å². The van der Waals surface area contributed by atoms with Gasteiger partial charge in [0.05, 0.1) is 49.8 Å². The van der Waals surface area contributed by atoms with Crippen LogP contribution in [-0.2, 0) is 9.53 Å². The summed E-state index contributed by atoms with van der Waals surface area (Å²) < 4.78 is 24.2. The number of fused-ring (bicyclic) bond motifs is 1. The highest BCUT2D eigenvalue weighted by atomic mass is 32.1. The number of aromatic nitrogens is 1. The second kappa shape index (κ2) is 11.8. The fourth-order valence-corrected chi connectivity index (χ4v) is 6.65. The molecule has 2 aliphatic heterocycles. The predicted molar refractivity (Wildman–Crippen MR) is 159 cm³/mol. The fraction of sp³-hybridized carbons (Fsp3) is 0.387. The SMILES string of the molecule is CCOC(=O)C1=C(C)N=c2s/c(=C/c3ccc(N4CCCC4)c(C)c3)c(=O)n2[C@@H]1c1cc(OC)c(OC)c(OC)c1. The van der Waals surface area contributed by atoms with Crippen molar-refractivity contribution in [1.29, 1.82) is 0 Å². The van der Waals surface area contributed by atoms with Gasteiger partial charge in [0.15, 0.2) is 16.3 Å². The molecule has 5 rings (SSSR count). The number of allylic oxidation sites excluding steroid dienone is 1. The molecule has 0 radical (unpaired) electrons. The number of methoxy groups -OCH3 is 3. The Morgan fingerprint density at radius 1 is 1.05 bits per heavy atom. The van der Waals surface area contributed by atoms with Gasteiger partial charge in [0.1, 0.15) is 0 Å². The number of aryl methyl sites for hydroxylation is 1. The van der Waals surface area contributed by atoms with Crippen molar-refractivity contribution in [2.24, 2.45) is 4.99 Å². The van der Waals surface area contributed by atoms with Crippen molar-refractivity contribution >= 4 is 29.1 Å². The van der Waals surface area contributed by atoms with Gasteiger partial charge in [-0.1, -0.05) is 17.4 Å². The Kier molecular flexibility index (Phi) is 8.21. The van der Waals surface area contributed by atoms with Gasteiger partial charge in [-0.3, -0.25) is 9.36 Å². The van der Waals surface area contributed by atoms with E-state index in [2.05, 4.69) is 28.9 Å². The molecule has 2 aliphatic rings. The number of carbonyl (C=O) groups is 1. The molecule has 3 heterocycles. The summed E-state index contributed by atoms with van der Waals surface area (Å²) in [5, 5.41) is 0. The maximum atomic E-state index is 14.0. The van der Waals surface area contributed by atoms with Crippen LogP contribution in [0.5, 0.6) is 17.2 Å². The van der Waals surface area contributed by atoms with E-state index in [1.165, 1.54) is 56.8 Å². The number of rotatable bonds is 8. The van der Waals surface area contributed by atoms with Gasteiger partial charge < -0.3 is 23.8 Å². The first kappa shape index (κ1) is 28.5. The molecular weight excluding hydrogens is 542 g/mol. The van der Waals surface area contributed by atoms with Gasteiger partial charge in [-0.15, -0.1) is 0 Å². The van der Waals surface area contributed by atoms with Crippen LogP contribution in [0.2, 0.25) is 0 Å². The topological polar surface area (TPSA) is 91.6 Å². The Bertz CT molecular complexity index is 1670. The number of thiazole rings is 1. The van der Waals surface area contributed by atoms with E-state index in [0.29, 0.717) is 37.8 Å². The van der Waals surface area contributed by atoms with Crippen LogP contribution >= 0.6 is 11.3 Å². The number of benzene rings is 2. The van der Waals surface area contributed by atoms with E-state index in [1.807, 2.05) is 12.1 Å². The van der Waals surface area contributed by atoms with Gasteiger partial charge in [0.25, 0.3) is 5.56 Å². The van der Waals surface area contributed by atoms with E-state index in [-0.39, 0.29) is 17.7 Å². The first-order valence-corrected chi connectivity index (χ1v) is 14.5. The summed E-state index contributed by atoms with van der Waals surface area (Å²) in [5.74, 6) is 0.706. The standard InChI is InChI=1S/C31H35N3O6S/c1-7-40-30(36)26-19(3)32-31-34(27(26)21-16-23(37-4)28(39-6)24(17-21)38-5)29(35)25(41-31)15-20-10-11-22(18(2)14-20)33-12-8-9-13-33/h10-11,14-17,27H,7-9,12-13H2,1-6H3/b25-15+/t27-/m1/s1. The summed E-state index contributed by atoms with van der Waals surface area (Å²) in [5.41, 5.74) is 4.47. The molecule has 2 aromatic carbocycles. The number of nitrogens with zero attached hydrogens (tertiary/aromatic N) is 3. The van der Waals surface area contributed by atoms with Crippen molar-refractivity contribution in [1.82, 2.24) is 4.57 Å². The minimum atomic E-state index is -0.805. The Labute approximate surface area is 242 Å². The van der Waals surface area contributed by atoms with Crippen LogP contribution in [0.3, 0.4) is 0 Å². The Morgan fingerprint density at radius 3 is 2.32 bits per heavy atom. The maximum Gasteiger partial charge on any atom is 0.338 e. The average molecular weight is 578 g/mol. The molecule has 9 nitrogen and oxygen atoms in total. The zero-order valence-corrected chi connectivity index (χ0v) is 25.1. The molecule has 0 unspecified atom stereocenters. The van der Waals surface area contributed by atoms with Crippen molar-refractivity contribution in [3.05, 3.63) is 78.0 Å². The summed E-state index contributed by atoms with van der Waals surface area (Å²) in [6, 6.07) is 8.98. The van der Waals surface area contributed by atoms with E-state index in [0.717, 1.165) is 18.7 Å². The lowest BCUT2D eigenvalue weighted by molar-refractivity contribution is -0.139. The summed E-state index contributed by atoms with van der Waals surface area (Å²) in [7, 11) is 4.57. The molecule has 0 amide bonds. The molecule has 216 valence electrons. The first-order valence-electron chi connectivity index (χ1n) is 13.7. The van der Waals surface area contributed by atoms with E-state index in [1.54, 1.807) is 30.5 Å². The minimum absolute atomic E-state index is 0.189. The van der Waals surface area contributed by atoms with Crippen LogP contribution in [-0.4, -0.2) is 51.6 Å². The first-order chi connectivity index (χ1) is 19.8. The number of hydrogen-bond donors (Lipinski definition) is 0. The summed E-state index contributed by atoms with van der Waals surface area (Å²) in [6.07, 6.45) is 4.31. The highest BCUT2D eigenvalue weighted by molar-refractivity contribution is 7.07. The minimum Gasteiger partial charge on any atom is -0.493 e. The number of esters is 1. The largest absolute Gasteiger partial charge is 0.493 e. The molecule has 1 aromatic heterocycles. The maximum absolute atomic E-state index is 14.0. The molecule has 41 heavy (non-hydrogen) atoms. The Morgan fingerprint density at radius 2 is 1.73 bits per heavy atom. The lowest BCUT2D eigenvalue weighted by Gasteiger charge is -2.26. The van der Waals surface area contributed by atoms with E-state index >= 15 is 0 Å². The number of ether oxygens (including phenoxy) is 4. The van der Waals surface area contributed by atoms with Crippen LogP contribution < -0.4 is 34.0 Å².